The minimum Gasteiger partial charge on any atom is -0.300 e. The Morgan fingerprint density at radius 2 is 2.09 bits per heavy atom. The van der Waals surface area contributed by atoms with E-state index in [1.165, 1.54) is 12.8 Å². The second-order valence-corrected chi connectivity index (χ2v) is 3.40. The van der Waals surface area contributed by atoms with E-state index in [9.17, 15) is 4.79 Å². The predicted octanol–water partition coefficient (Wildman–Crippen LogP) is 2.57. The van der Waals surface area contributed by atoms with E-state index in [-0.39, 0.29) is 5.92 Å². The summed E-state index contributed by atoms with van der Waals surface area (Å²) in [6.45, 7) is 5.47. The topological polar surface area (TPSA) is 17.1 Å². The van der Waals surface area contributed by atoms with E-state index in [1.54, 1.807) is 6.92 Å². The summed E-state index contributed by atoms with van der Waals surface area (Å²) in [6, 6.07) is 0. The lowest BCUT2D eigenvalue weighted by atomic mass is 9.77. The van der Waals surface area contributed by atoms with Gasteiger partial charge in [-0.15, -0.1) is 6.58 Å². The molecule has 1 heteroatoms. The normalized spacial score (nSPS) is 31.4. The predicted molar refractivity (Wildman–Crippen MR) is 46.3 cm³/mol. The summed E-state index contributed by atoms with van der Waals surface area (Å²) in [5.74, 6) is 1.08. The van der Waals surface area contributed by atoms with E-state index >= 15 is 0 Å². The Morgan fingerprint density at radius 3 is 2.55 bits per heavy atom. The van der Waals surface area contributed by atoms with Crippen LogP contribution in [-0.2, 0) is 4.79 Å². The molecule has 62 valence electrons. The highest BCUT2D eigenvalue weighted by molar-refractivity contribution is 5.78. The molecule has 0 aromatic heterocycles. The summed E-state index contributed by atoms with van der Waals surface area (Å²) in [7, 11) is 0. The minimum absolute atomic E-state index is 0.279. The molecule has 0 aromatic rings. The van der Waals surface area contributed by atoms with Gasteiger partial charge in [0.05, 0.1) is 0 Å². The summed E-state index contributed by atoms with van der Waals surface area (Å²) in [4.78, 5) is 11.1. The van der Waals surface area contributed by atoms with Crippen molar-refractivity contribution in [2.45, 2.75) is 32.6 Å². The number of Topliss-reactive ketones (excluding diaryl/α,β-unsaturated/α-hetero) is 1. The molecular weight excluding hydrogens is 136 g/mol. The van der Waals surface area contributed by atoms with Crippen LogP contribution in [0.15, 0.2) is 12.7 Å². The molecule has 0 saturated heterocycles. The molecule has 1 fully saturated rings. The standard InChI is InChI=1S/C10H16O/c1-3-9-6-4-5-7-10(9)8(2)11/h3,9-10H,1,4-7H2,2H3. The largest absolute Gasteiger partial charge is 0.300 e. The minimum atomic E-state index is 0.279. The van der Waals surface area contributed by atoms with Gasteiger partial charge in [0.25, 0.3) is 0 Å². The van der Waals surface area contributed by atoms with Crippen molar-refractivity contribution in [3.8, 4) is 0 Å². The summed E-state index contributed by atoms with van der Waals surface area (Å²) in [5.41, 5.74) is 0. The number of allylic oxidation sites excluding steroid dienone is 1. The third-order valence-electron chi connectivity index (χ3n) is 2.64. The highest BCUT2D eigenvalue weighted by Crippen LogP contribution is 2.30. The van der Waals surface area contributed by atoms with Crippen LogP contribution in [0.1, 0.15) is 32.6 Å². The number of hydrogen-bond donors (Lipinski definition) is 0. The number of carbonyl (C=O) groups is 1. The molecule has 0 bridgehead atoms. The molecule has 1 nitrogen and oxygen atoms in total. The molecule has 0 aliphatic heterocycles. The van der Waals surface area contributed by atoms with E-state index in [1.807, 2.05) is 6.08 Å². The zero-order chi connectivity index (χ0) is 8.27. The van der Waals surface area contributed by atoms with Crippen molar-refractivity contribution >= 4 is 5.78 Å². The molecule has 0 N–H and O–H groups in total. The molecule has 1 saturated carbocycles. The average molecular weight is 152 g/mol. The van der Waals surface area contributed by atoms with Crippen LogP contribution >= 0.6 is 0 Å². The first-order chi connectivity index (χ1) is 5.25. The van der Waals surface area contributed by atoms with Crippen LogP contribution in [0.2, 0.25) is 0 Å². The molecule has 0 radical (unpaired) electrons. The zero-order valence-corrected chi connectivity index (χ0v) is 7.18. The van der Waals surface area contributed by atoms with Crippen molar-refractivity contribution in [1.82, 2.24) is 0 Å². The Morgan fingerprint density at radius 1 is 1.45 bits per heavy atom. The number of carbonyl (C=O) groups excluding carboxylic acids is 1. The maximum Gasteiger partial charge on any atom is 0.133 e. The van der Waals surface area contributed by atoms with Gasteiger partial charge in [-0.2, -0.15) is 0 Å². The molecule has 1 aliphatic carbocycles. The average Bonchev–Trinajstić information content (AvgIpc) is 2.04. The molecule has 0 aromatic carbocycles. The van der Waals surface area contributed by atoms with Crippen molar-refractivity contribution in [2.75, 3.05) is 0 Å². The highest BCUT2D eigenvalue weighted by atomic mass is 16.1. The second kappa shape index (κ2) is 3.70. The first-order valence-corrected chi connectivity index (χ1v) is 4.38. The van der Waals surface area contributed by atoms with Gasteiger partial charge in [-0.05, 0) is 25.7 Å². The molecule has 11 heavy (non-hydrogen) atoms. The van der Waals surface area contributed by atoms with Gasteiger partial charge in [0.2, 0.25) is 0 Å². The Balaban J connectivity index is 2.58. The molecule has 0 spiro atoms. The molecule has 2 unspecified atom stereocenters. The highest BCUT2D eigenvalue weighted by Gasteiger charge is 2.25. The fourth-order valence-electron chi connectivity index (χ4n) is 1.95. The monoisotopic (exact) mass is 152 g/mol. The molecule has 0 amide bonds. The lowest BCUT2D eigenvalue weighted by molar-refractivity contribution is -0.122. The van der Waals surface area contributed by atoms with Gasteiger partial charge in [0, 0.05) is 5.92 Å². The van der Waals surface area contributed by atoms with E-state index in [2.05, 4.69) is 6.58 Å². The summed E-state index contributed by atoms with van der Waals surface area (Å²) in [6.07, 6.45) is 6.67. The molecular formula is C10H16O. The third-order valence-corrected chi connectivity index (χ3v) is 2.64. The Labute approximate surface area is 68.5 Å². The molecule has 0 heterocycles. The lowest BCUT2D eigenvalue weighted by Crippen LogP contribution is -2.23. The van der Waals surface area contributed by atoms with Crippen molar-refractivity contribution in [3.05, 3.63) is 12.7 Å². The van der Waals surface area contributed by atoms with Gasteiger partial charge in [-0.3, -0.25) is 4.79 Å². The third kappa shape index (κ3) is 1.92. The smallest absolute Gasteiger partial charge is 0.133 e. The molecule has 2 atom stereocenters. The van der Waals surface area contributed by atoms with Crippen molar-refractivity contribution in [3.63, 3.8) is 0 Å². The summed E-state index contributed by atoms with van der Waals surface area (Å²) >= 11 is 0. The van der Waals surface area contributed by atoms with E-state index in [0.29, 0.717) is 11.7 Å². The van der Waals surface area contributed by atoms with Crippen molar-refractivity contribution < 1.29 is 4.79 Å². The Kier molecular flexibility index (Phi) is 2.86. The van der Waals surface area contributed by atoms with Crippen LogP contribution in [0.4, 0.5) is 0 Å². The van der Waals surface area contributed by atoms with Gasteiger partial charge in [-0.25, -0.2) is 0 Å². The maximum atomic E-state index is 11.1. The van der Waals surface area contributed by atoms with Crippen LogP contribution in [-0.4, -0.2) is 5.78 Å². The van der Waals surface area contributed by atoms with Crippen LogP contribution < -0.4 is 0 Å². The van der Waals surface area contributed by atoms with Crippen LogP contribution in [0.25, 0.3) is 0 Å². The fraction of sp³-hybridized carbons (Fsp3) is 0.700. The van der Waals surface area contributed by atoms with Crippen molar-refractivity contribution in [1.29, 1.82) is 0 Å². The molecule has 1 rings (SSSR count). The van der Waals surface area contributed by atoms with Gasteiger partial charge in [0.1, 0.15) is 5.78 Å². The van der Waals surface area contributed by atoms with Crippen LogP contribution in [0.5, 0.6) is 0 Å². The number of ketones is 1. The lowest BCUT2D eigenvalue weighted by Gasteiger charge is -2.26. The second-order valence-electron chi connectivity index (χ2n) is 3.40. The van der Waals surface area contributed by atoms with Crippen molar-refractivity contribution in [2.24, 2.45) is 11.8 Å². The Hall–Kier alpha value is -0.590. The quantitative estimate of drug-likeness (QED) is 0.556. The number of hydrogen-bond acceptors (Lipinski definition) is 1. The summed E-state index contributed by atoms with van der Waals surface area (Å²) < 4.78 is 0. The van der Waals surface area contributed by atoms with E-state index in [0.717, 1.165) is 12.8 Å². The zero-order valence-electron chi connectivity index (χ0n) is 7.18. The Bertz CT molecular complexity index is 160. The van der Waals surface area contributed by atoms with Gasteiger partial charge in [0.15, 0.2) is 0 Å². The fourth-order valence-corrected chi connectivity index (χ4v) is 1.95. The number of rotatable bonds is 2. The van der Waals surface area contributed by atoms with Crippen LogP contribution in [0.3, 0.4) is 0 Å². The van der Waals surface area contributed by atoms with Gasteiger partial charge < -0.3 is 0 Å². The first kappa shape index (κ1) is 8.51. The van der Waals surface area contributed by atoms with Gasteiger partial charge >= 0.3 is 0 Å². The first-order valence-electron chi connectivity index (χ1n) is 4.38. The van der Waals surface area contributed by atoms with E-state index < -0.39 is 0 Å². The summed E-state index contributed by atoms with van der Waals surface area (Å²) in [5, 5.41) is 0. The SMILES string of the molecule is C=CC1CCCCC1C(C)=O. The van der Waals surface area contributed by atoms with Crippen LogP contribution in [0, 0.1) is 11.8 Å². The maximum absolute atomic E-state index is 11.1. The molecule has 1 aliphatic rings. The van der Waals surface area contributed by atoms with E-state index in [4.69, 9.17) is 0 Å². The van der Waals surface area contributed by atoms with Gasteiger partial charge in [-0.1, -0.05) is 18.9 Å².